The van der Waals surface area contributed by atoms with Crippen molar-refractivity contribution in [2.45, 2.75) is 25.4 Å². The van der Waals surface area contributed by atoms with Gasteiger partial charge in [-0.15, -0.1) is 0 Å². The Morgan fingerprint density at radius 2 is 2.27 bits per heavy atom. The van der Waals surface area contributed by atoms with Crippen molar-refractivity contribution in [3.8, 4) is 0 Å². The molecule has 0 radical (unpaired) electrons. The Labute approximate surface area is 70.6 Å². The second kappa shape index (κ2) is 3.76. The molecule has 0 aliphatic carbocycles. The molecule has 4 heteroatoms. The summed E-state index contributed by atoms with van der Waals surface area (Å²) in [5.41, 5.74) is 0. The summed E-state index contributed by atoms with van der Waals surface area (Å²) in [4.78, 5) is 4.15. The quantitative estimate of drug-likeness (QED) is 0.654. The molecular formula is C7H12N2OS. The topological polar surface area (TPSA) is 38.9 Å². The van der Waals surface area contributed by atoms with Crippen molar-refractivity contribution < 1.29 is 4.52 Å². The van der Waals surface area contributed by atoms with Gasteiger partial charge in [-0.25, -0.2) is 0 Å². The van der Waals surface area contributed by atoms with Crippen LogP contribution in [0.15, 0.2) is 9.68 Å². The third kappa shape index (κ3) is 2.54. The van der Waals surface area contributed by atoms with Gasteiger partial charge in [0, 0.05) is 6.42 Å². The molecule has 0 aliphatic heterocycles. The molecule has 0 saturated carbocycles. The van der Waals surface area contributed by atoms with Crippen LogP contribution in [-0.4, -0.2) is 16.4 Å². The maximum atomic E-state index is 4.98. The largest absolute Gasteiger partial charge is 0.338 e. The van der Waals surface area contributed by atoms with Crippen molar-refractivity contribution in [2.24, 2.45) is 5.92 Å². The van der Waals surface area contributed by atoms with Crippen molar-refractivity contribution in [2.75, 3.05) is 6.26 Å². The van der Waals surface area contributed by atoms with E-state index in [1.54, 1.807) is 0 Å². The lowest BCUT2D eigenvalue weighted by molar-refractivity contribution is 0.354. The molecule has 62 valence electrons. The molecule has 0 aliphatic rings. The van der Waals surface area contributed by atoms with E-state index in [2.05, 4.69) is 24.0 Å². The van der Waals surface area contributed by atoms with Crippen LogP contribution < -0.4 is 0 Å². The van der Waals surface area contributed by atoms with Gasteiger partial charge in [-0.05, 0) is 12.2 Å². The predicted octanol–water partition coefficient (Wildman–Crippen LogP) is 1.99. The number of aromatic nitrogens is 2. The van der Waals surface area contributed by atoms with Gasteiger partial charge in [0.25, 0.3) is 0 Å². The van der Waals surface area contributed by atoms with E-state index in [0.717, 1.165) is 17.5 Å². The van der Waals surface area contributed by atoms with Gasteiger partial charge in [0.15, 0.2) is 0 Å². The second-order valence-corrected chi connectivity index (χ2v) is 3.55. The molecule has 11 heavy (non-hydrogen) atoms. The Morgan fingerprint density at radius 1 is 1.55 bits per heavy atom. The summed E-state index contributed by atoms with van der Waals surface area (Å²) < 4.78 is 4.98. The van der Waals surface area contributed by atoms with E-state index in [-0.39, 0.29) is 0 Å². The van der Waals surface area contributed by atoms with Crippen molar-refractivity contribution in [3.63, 3.8) is 0 Å². The molecule has 0 bridgehead atoms. The minimum absolute atomic E-state index is 0.574. The van der Waals surface area contributed by atoms with Crippen LogP contribution >= 0.6 is 11.8 Å². The SMILES string of the molecule is CSc1noc(CC(C)C)n1. The summed E-state index contributed by atoms with van der Waals surface area (Å²) >= 11 is 1.50. The van der Waals surface area contributed by atoms with Crippen LogP contribution in [0.25, 0.3) is 0 Å². The zero-order valence-corrected chi connectivity index (χ0v) is 7.81. The highest BCUT2D eigenvalue weighted by molar-refractivity contribution is 7.98. The molecule has 3 nitrogen and oxygen atoms in total. The van der Waals surface area contributed by atoms with E-state index in [1.165, 1.54) is 11.8 Å². The number of nitrogens with zero attached hydrogens (tertiary/aromatic N) is 2. The number of hydrogen-bond donors (Lipinski definition) is 0. The normalized spacial score (nSPS) is 10.9. The van der Waals surface area contributed by atoms with Gasteiger partial charge < -0.3 is 4.52 Å². The van der Waals surface area contributed by atoms with Crippen LogP contribution in [-0.2, 0) is 6.42 Å². The van der Waals surface area contributed by atoms with Crippen molar-refractivity contribution >= 4 is 11.8 Å². The van der Waals surface area contributed by atoms with Crippen LogP contribution in [0.4, 0.5) is 0 Å². The van der Waals surface area contributed by atoms with Gasteiger partial charge in [0.2, 0.25) is 11.0 Å². The fourth-order valence-electron chi connectivity index (χ4n) is 0.754. The van der Waals surface area contributed by atoms with Crippen LogP contribution in [0.3, 0.4) is 0 Å². The van der Waals surface area contributed by atoms with Gasteiger partial charge in [0.05, 0.1) is 0 Å². The van der Waals surface area contributed by atoms with Crippen molar-refractivity contribution in [1.29, 1.82) is 0 Å². The van der Waals surface area contributed by atoms with Gasteiger partial charge >= 0.3 is 0 Å². The minimum Gasteiger partial charge on any atom is -0.338 e. The van der Waals surface area contributed by atoms with Gasteiger partial charge in [-0.3, -0.25) is 0 Å². The first-order valence-electron chi connectivity index (χ1n) is 3.59. The third-order valence-electron chi connectivity index (χ3n) is 1.21. The molecule has 0 atom stereocenters. The highest BCUT2D eigenvalue weighted by atomic mass is 32.2. The Bertz CT molecular complexity index is 222. The molecule has 0 fully saturated rings. The lowest BCUT2D eigenvalue weighted by Crippen LogP contribution is -1.93. The Balaban J connectivity index is 2.58. The fraction of sp³-hybridized carbons (Fsp3) is 0.714. The van der Waals surface area contributed by atoms with Crippen molar-refractivity contribution in [1.82, 2.24) is 10.1 Å². The molecule has 0 spiro atoms. The highest BCUT2D eigenvalue weighted by Gasteiger charge is 2.06. The average Bonchev–Trinajstić information content (AvgIpc) is 2.34. The first-order chi connectivity index (χ1) is 5.22. The average molecular weight is 172 g/mol. The summed E-state index contributed by atoms with van der Waals surface area (Å²) in [5.74, 6) is 1.31. The summed E-state index contributed by atoms with van der Waals surface area (Å²) in [6, 6.07) is 0. The van der Waals surface area contributed by atoms with E-state index in [1.807, 2.05) is 6.26 Å². The molecule has 0 amide bonds. The number of thioether (sulfide) groups is 1. The van der Waals surface area contributed by atoms with Gasteiger partial charge in [-0.1, -0.05) is 30.8 Å². The molecule has 1 rings (SSSR count). The fourth-order valence-corrected chi connectivity index (χ4v) is 1.06. The van der Waals surface area contributed by atoms with E-state index in [4.69, 9.17) is 4.52 Å². The summed E-state index contributed by atoms with van der Waals surface area (Å²) in [6.45, 7) is 4.26. The smallest absolute Gasteiger partial charge is 0.229 e. The summed E-state index contributed by atoms with van der Waals surface area (Å²) in [5, 5.41) is 4.49. The minimum atomic E-state index is 0.574. The lowest BCUT2D eigenvalue weighted by Gasteiger charge is -1.95. The molecule has 0 N–H and O–H groups in total. The first kappa shape index (κ1) is 8.59. The standard InChI is InChI=1S/C7H12N2OS/c1-5(2)4-6-8-7(11-3)9-10-6/h5H,4H2,1-3H3. The predicted molar refractivity (Wildman–Crippen MR) is 44.6 cm³/mol. The van der Waals surface area contributed by atoms with Crippen LogP contribution in [0.1, 0.15) is 19.7 Å². The van der Waals surface area contributed by atoms with E-state index in [9.17, 15) is 0 Å². The molecule has 0 saturated heterocycles. The zero-order chi connectivity index (χ0) is 8.27. The van der Waals surface area contributed by atoms with Crippen LogP contribution in [0.5, 0.6) is 0 Å². The van der Waals surface area contributed by atoms with E-state index in [0.29, 0.717) is 5.92 Å². The maximum absolute atomic E-state index is 4.98. The number of rotatable bonds is 3. The Morgan fingerprint density at radius 3 is 2.73 bits per heavy atom. The molecule has 1 heterocycles. The van der Waals surface area contributed by atoms with Crippen LogP contribution in [0.2, 0.25) is 0 Å². The second-order valence-electron chi connectivity index (χ2n) is 2.77. The van der Waals surface area contributed by atoms with E-state index >= 15 is 0 Å². The van der Waals surface area contributed by atoms with Gasteiger partial charge in [-0.2, -0.15) is 4.98 Å². The third-order valence-corrected chi connectivity index (χ3v) is 1.75. The highest BCUT2D eigenvalue weighted by Crippen LogP contribution is 2.11. The first-order valence-corrected chi connectivity index (χ1v) is 4.81. The van der Waals surface area contributed by atoms with Crippen LogP contribution in [0, 0.1) is 5.92 Å². The molecule has 0 unspecified atom stereocenters. The number of hydrogen-bond acceptors (Lipinski definition) is 4. The molecule has 1 aromatic rings. The summed E-state index contributed by atoms with van der Waals surface area (Å²) in [6.07, 6.45) is 2.80. The molecule has 0 aromatic carbocycles. The molecular weight excluding hydrogens is 160 g/mol. The summed E-state index contributed by atoms with van der Waals surface area (Å²) in [7, 11) is 0. The monoisotopic (exact) mass is 172 g/mol. The lowest BCUT2D eigenvalue weighted by atomic mass is 10.1. The van der Waals surface area contributed by atoms with E-state index < -0.39 is 0 Å². The Hall–Kier alpha value is -0.510. The van der Waals surface area contributed by atoms with Gasteiger partial charge in [0.1, 0.15) is 0 Å². The Kier molecular flexibility index (Phi) is 2.93. The molecule has 1 aromatic heterocycles. The van der Waals surface area contributed by atoms with Crippen molar-refractivity contribution in [3.05, 3.63) is 5.89 Å². The zero-order valence-electron chi connectivity index (χ0n) is 7.00. The maximum Gasteiger partial charge on any atom is 0.229 e.